The van der Waals surface area contributed by atoms with Crippen LogP contribution in [0.2, 0.25) is 10.0 Å². The van der Waals surface area contributed by atoms with Crippen molar-refractivity contribution in [3.05, 3.63) is 33.8 Å². The van der Waals surface area contributed by atoms with Gasteiger partial charge in [-0.2, -0.15) is 0 Å². The third-order valence-electron chi connectivity index (χ3n) is 2.91. The molecule has 1 aliphatic heterocycles. The quantitative estimate of drug-likeness (QED) is 0.846. The van der Waals surface area contributed by atoms with Gasteiger partial charge < -0.3 is 5.73 Å². The second-order valence-corrected chi connectivity index (χ2v) is 4.96. The van der Waals surface area contributed by atoms with Crippen molar-refractivity contribution in [3.63, 3.8) is 0 Å². The molecule has 96 valence electrons. The second kappa shape index (κ2) is 5.26. The van der Waals surface area contributed by atoms with Gasteiger partial charge in [-0.25, -0.2) is 0 Å². The van der Waals surface area contributed by atoms with E-state index < -0.39 is 6.04 Å². The molecule has 1 aliphatic rings. The van der Waals surface area contributed by atoms with Crippen molar-refractivity contribution in [2.75, 3.05) is 0 Å². The first-order valence-electron chi connectivity index (χ1n) is 5.53. The Hall–Kier alpha value is -1.10. The summed E-state index contributed by atoms with van der Waals surface area (Å²) in [6.45, 7) is 0.116. The first-order chi connectivity index (χ1) is 8.50. The maximum absolute atomic E-state index is 11.8. The third-order valence-corrected chi connectivity index (χ3v) is 3.77. The number of nitrogens with two attached hydrogens (primary N) is 1. The fourth-order valence-corrected chi connectivity index (χ4v) is 2.25. The Morgan fingerprint density at radius 1 is 1.33 bits per heavy atom. The third kappa shape index (κ3) is 2.51. The Kier molecular flexibility index (Phi) is 3.90. The number of halogens is 2. The Morgan fingerprint density at radius 2 is 2.06 bits per heavy atom. The van der Waals surface area contributed by atoms with E-state index in [-0.39, 0.29) is 24.8 Å². The van der Waals surface area contributed by atoms with Crippen LogP contribution in [-0.4, -0.2) is 22.8 Å². The number of nitrogens with zero attached hydrogens (tertiary/aromatic N) is 1. The minimum absolute atomic E-state index is 0.116. The zero-order valence-electron chi connectivity index (χ0n) is 9.53. The molecule has 0 saturated carbocycles. The summed E-state index contributed by atoms with van der Waals surface area (Å²) in [4.78, 5) is 24.7. The molecule has 0 bridgehead atoms. The van der Waals surface area contributed by atoms with Gasteiger partial charge >= 0.3 is 0 Å². The van der Waals surface area contributed by atoms with E-state index in [1.165, 1.54) is 0 Å². The van der Waals surface area contributed by atoms with Crippen molar-refractivity contribution in [3.8, 4) is 0 Å². The summed E-state index contributed by atoms with van der Waals surface area (Å²) >= 11 is 11.9. The number of hydrogen-bond acceptors (Lipinski definition) is 3. The fraction of sp³-hybridized carbons (Fsp3) is 0.333. The highest BCUT2D eigenvalue weighted by Gasteiger charge is 2.32. The van der Waals surface area contributed by atoms with Crippen molar-refractivity contribution < 1.29 is 9.59 Å². The summed E-state index contributed by atoms with van der Waals surface area (Å²) in [7, 11) is 0. The number of likely N-dealkylation sites (tertiary alicyclic amines) is 1. The van der Waals surface area contributed by atoms with Gasteiger partial charge in [-0.3, -0.25) is 14.5 Å². The molecule has 1 unspecified atom stereocenters. The lowest BCUT2D eigenvalue weighted by Gasteiger charge is -2.29. The van der Waals surface area contributed by atoms with Gasteiger partial charge in [0, 0.05) is 6.42 Å². The molecule has 0 spiro atoms. The highest BCUT2D eigenvalue weighted by molar-refractivity contribution is 6.42. The summed E-state index contributed by atoms with van der Waals surface area (Å²) in [5, 5.41) is 0.759. The van der Waals surface area contributed by atoms with Gasteiger partial charge in [0.25, 0.3) is 0 Å². The standard InChI is InChI=1S/C12H12Cl2N2O2/c13-8-3-1-2-7(11(8)14)6-16-10(17)5-4-9(15)12(16)18/h1-3,9H,4-6,15H2. The van der Waals surface area contributed by atoms with E-state index in [4.69, 9.17) is 28.9 Å². The molecule has 6 heteroatoms. The lowest BCUT2D eigenvalue weighted by atomic mass is 10.0. The largest absolute Gasteiger partial charge is 0.320 e. The first-order valence-corrected chi connectivity index (χ1v) is 6.29. The van der Waals surface area contributed by atoms with Crippen LogP contribution in [0.4, 0.5) is 0 Å². The van der Waals surface area contributed by atoms with E-state index in [9.17, 15) is 9.59 Å². The normalized spacial score (nSPS) is 20.4. The highest BCUT2D eigenvalue weighted by Crippen LogP contribution is 2.27. The number of benzene rings is 1. The molecule has 1 aromatic carbocycles. The molecular formula is C12H12Cl2N2O2. The van der Waals surface area contributed by atoms with Crippen LogP contribution in [0.5, 0.6) is 0 Å². The number of imide groups is 1. The number of hydrogen-bond donors (Lipinski definition) is 1. The van der Waals surface area contributed by atoms with Crippen LogP contribution in [0.3, 0.4) is 0 Å². The maximum atomic E-state index is 11.8. The molecule has 1 heterocycles. The van der Waals surface area contributed by atoms with E-state index in [0.717, 1.165) is 4.90 Å². The van der Waals surface area contributed by atoms with E-state index in [0.29, 0.717) is 22.0 Å². The summed E-state index contributed by atoms with van der Waals surface area (Å²) in [5.74, 6) is -0.583. The minimum atomic E-state index is -0.611. The monoisotopic (exact) mass is 286 g/mol. The molecule has 2 N–H and O–H groups in total. The topological polar surface area (TPSA) is 63.4 Å². The van der Waals surface area contributed by atoms with Crippen molar-refractivity contribution in [2.45, 2.75) is 25.4 Å². The molecule has 18 heavy (non-hydrogen) atoms. The molecule has 4 nitrogen and oxygen atoms in total. The molecule has 1 aromatic rings. The first kappa shape index (κ1) is 13.3. The predicted octanol–water partition coefficient (Wildman–Crippen LogP) is 1.97. The van der Waals surface area contributed by atoms with Gasteiger partial charge in [0.1, 0.15) is 0 Å². The lowest BCUT2D eigenvalue weighted by molar-refractivity contribution is -0.149. The lowest BCUT2D eigenvalue weighted by Crippen LogP contribution is -2.50. The van der Waals surface area contributed by atoms with Gasteiger partial charge in [0.05, 0.1) is 22.6 Å². The molecule has 1 fully saturated rings. The molecule has 1 atom stereocenters. The number of piperidine rings is 1. The van der Waals surface area contributed by atoms with Gasteiger partial charge in [-0.05, 0) is 18.1 Å². The van der Waals surface area contributed by atoms with Crippen LogP contribution in [0.25, 0.3) is 0 Å². The van der Waals surface area contributed by atoms with Crippen LogP contribution in [0.15, 0.2) is 18.2 Å². The van der Waals surface area contributed by atoms with Gasteiger partial charge in [-0.1, -0.05) is 35.3 Å². The maximum Gasteiger partial charge on any atom is 0.246 e. The van der Waals surface area contributed by atoms with Gasteiger partial charge in [0.15, 0.2) is 0 Å². The summed E-state index contributed by atoms with van der Waals surface area (Å²) in [6, 6.07) is 4.50. The van der Waals surface area contributed by atoms with Crippen molar-refractivity contribution in [1.29, 1.82) is 0 Å². The Labute approximate surface area is 115 Å². The van der Waals surface area contributed by atoms with Crippen LogP contribution in [-0.2, 0) is 16.1 Å². The van der Waals surface area contributed by atoms with E-state index >= 15 is 0 Å². The molecular weight excluding hydrogens is 275 g/mol. The number of carbonyl (C=O) groups is 2. The summed E-state index contributed by atoms with van der Waals surface area (Å²) in [5.41, 5.74) is 6.29. The van der Waals surface area contributed by atoms with Crippen LogP contribution in [0, 0.1) is 0 Å². The Balaban J connectivity index is 2.24. The molecule has 0 aromatic heterocycles. The molecule has 1 saturated heterocycles. The summed E-state index contributed by atoms with van der Waals surface area (Å²) in [6.07, 6.45) is 0.683. The van der Waals surface area contributed by atoms with Gasteiger partial charge in [0.2, 0.25) is 11.8 Å². The van der Waals surface area contributed by atoms with Crippen molar-refractivity contribution in [2.24, 2.45) is 5.73 Å². The van der Waals surface area contributed by atoms with Crippen LogP contribution < -0.4 is 5.73 Å². The van der Waals surface area contributed by atoms with E-state index in [2.05, 4.69) is 0 Å². The Morgan fingerprint density at radius 3 is 2.78 bits per heavy atom. The van der Waals surface area contributed by atoms with Gasteiger partial charge in [-0.15, -0.1) is 0 Å². The number of amides is 2. The fourth-order valence-electron chi connectivity index (χ4n) is 1.87. The highest BCUT2D eigenvalue weighted by atomic mass is 35.5. The minimum Gasteiger partial charge on any atom is -0.320 e. The van der Waals surface area contributed by atoms with Crippen LogP contribution in [0.1, 0.15) is 18.4 Å². The van der Waals surface area contributed by atoms with Crippen molar-refractivity contribution >= 4 is 35.0 Å². The number of carbonyl (C=O) groups excluding carboxylic acids is 2. The molecule has 2 rings (SSSR count). The van der Waals surface area contributed by atoms with E-state index in [1.807, 2.05) is 0 Å². The summed E-state index contributed by atoms with van der Waals surface area (Å²) < 4.78 is 0. The average Bonchev–Trinajstić information content (AvgIpc) is 2.35. The average molecular weight is 287 g/mol. The zero-order valence-corrected chi connectivity index (χ0v) is 11.0. The number of rotatable bonds is 2. The van der Waals surface area contributed by atoms with E-state index in [1.54, 1.807) is 18.2 Å². The van der Waals surface area contributed by atoms with Crippen LogP contribution >= 0.6 is 23.2 Å². The Bertz CT molecular complexity index is 505. The molecule has 0 radical (unpaired) electrons. The SMILES string of the molecule is NC1CCC(=O)N(Cc2cccc(Cl)c2Cl)C1=O. The predicted molar refractivity (Wildman–Crippen MR) is 69.2 cm³/mol. The smallest absolute Gasteiger partial charge is 0.246 e. The second-order valence-electron chi connectivity index (χ2n) is 4.18. The van der Waals surface area contributed by atoms with Crippen molar-refractivity contribution in [1.82, 2.24) is 4.90 Å². The molecule has 0 aliphatic carbocycles. The molecule has 2 amide bonds. The zero-order chi connectivity index (χ0) is 13.3.